The minimum absolute atomic E-state index is 0.257. The lowest BCUT2D eigenvalue weighted by molar-refractivity contribution is 0.149. The minimum atomic E-state index is -0.593. The third-order valence-electron chi connectivity index (χ3n) is 2.73. The van der Waals surface area contributed by atoms with E-state index in [0.29, 0.717) is 12.2 Å². The first-order valence-electron chi connectivity index (χ1n) is 6.09. The van der Waals surface area contributed by atoms with E-state index in [2.05, 4.69) is 33.2 Å². The zero-order chi connectivity index (χ0) is 13.7. The van der Waals surface area contributed by atoms with Gasteiger partial charge in [0.2, 0.25) is 0 Å². The summed E-state index contributed by atoms with van der Waals surface area (Å²) in [6.07, 6.45) is 0.424. The van der Waals surface area contributed by atoms with E-state index in [1.54, 1.807) is 6.92 Å². The van der Waals surface area contributed by atoms with E-state index in [9.17, 15) is 9.90 Å². The molecule has 1 aromatic rings. The third-order valence-corrected chi connectivity index (χ3v) is 3.88. The molecule has 0 aliphatic rings. The molecule has 0 radical (unpaired) electrons. The largest absolute Gasteiger partial charge is 0.390 e. The van der Waals surface area contributed by atoms with Crippen molar-refractivity contribution in [2.24, 2.45) is 0 Å². The van der Waals surface area contributed by atoms with Crippen LogP contribution in [0.15, 0.2) is 9.27 Å². The van der Waals surface area contributed by atoms with Gasteiger partial charge >= 0.3 is 5.69 Å². The van der Waals surface area contributed by atoms with Crippen LogP contribution in [0.4, 0.5) is 0 Å². The first-order chi connectivity index (χ1) is 8.47. The van der Waals surface area contributed by atoms with Gasteiger partial charge in [-0.2, -0.15) is 4.98 Å². The third kappa shape index (κ3) is 3.90. The van der Waals surface area contributed by atoms with Gasteiger partial charge in [0.1, 0.15) is 0 Å². The van der Waals surface area contributed by atoms with Gasteiger partial charge in [-0.15, -0.1) is 0 Å². The van der Waals surface area contributed by atoms with Gasteiger partial charge in [0.15, 0.2) is 0 Å². The average molecular weight is 318 g/mol. The Morgan fingerprint density at radius 3 is 2.78 bits per heavy atom. The fourth-order valence-electron chi connectivity index (χ4n) is 1.71. The summed E-state index contributed by atoms with van der Waals surface area (Å²) in [5.41, 5.74) is 1.15. The number of aromatic nitrogens is 2. The highest BCUT2D eigenvalue weighted by Gasteiger charge is 2.12. The number of hydrogen-bond donors (Lipinski definition) is 2. The summed E-state index contributed by atoms with van der Waals surface area (Å²) >= 11 is 3.40. The van der Waals surface area contributed by atoms with Crippen molar-refractivity contribution in [3.63, 3.8) is 0 Å². The quantitative estimate of drug-likeness (QED) is 0.768. The lowest BCUT2D eigenvalue weighted by atomic mass is 10.3. The number of hydrogen-bond acceptors (Lipinski definition) is 4. The van der Waals surface area contributed by atoms with Crippen LogP contribution in [0.1, 0.15) is 24.7 Å². The molecular formula is C12H20BrN3O2. The molecule has 0 aromatic carbocycles. The molecule has 0 saturated carbocycles. The first-order valence-corrected chi connectivity index (χ1v) is 6.89. The first kappa shape index (κ1) is 15.3. The second kappa shape index (κ2) is 7.01. The fourth-order valence-corrected chi connectivity index (χ4v) is 2.02. The molecule has 0 saturated heterocycles. The van der Waals surface area contributed by atoms with Gasteiger partial charge < -0.3 is 10.4 Å². The molecule has 1 unspecified atom stereocenters. The van der Waals surface area contributed by atoms with Crippen molar-refractivity contribution in [2.75, 3.05) is 13.1 Å². The molecule has 1 rings (SSSR count). The Balaban J connectivity index is 2.79. The molecule has 2 N–H and O–H groups in total. The Morgan fingerprint density at radius 1 is 1.50 bits per heavy atom. The van der Waals surface area contributed by atoms with Crippen LogP contribution < -0.4 is 11.0 Å². The van der Waals surface area contributed by atoms with Crippen molar-refractivity contribution in [3.8, 4) is 0 Å². The van der Waals surface area contributed by atoms with Crippen molar-refractivity contribution in [1.29, 1.82) is 0 Å². The van der Waals surface area contributed by atoms with Crippen LogP contribution in [0.3, 0.4) is 0 Å². The summed E-state index contributed by atoms with van der Waals surface area (Å²) in [6, 6.07) is 0. The van der Waals surface area contributed by atoms with Gasteiger partial charge in [0.25, 0.3) is 0 Å². The van der Waals surface area contributed by atoms with Crippen LogP contribution in [0.5, 0.6) is 0 Å². The van der Waals surface area contributed by atoms with Gasteiger partial charge in [-0.05, 0) is 42.7 Å². The predicted octanol–water partition coefficient (Wildman–Crippen LogP) is 0.983. The Labute approximate surface area is 115 Å². The maximum absolute atomic E-state index is 11.8. The molecule has 0 amide bonds. The Kier molecular flexibility index (Phi) is 5.98. The van der Waals surface area contributed by atoms with Crippen LogP contribution in [0, 0.1) is 13.8 Å². The maximum atomic E-state index is 11.8. The number of rotatable bonds is 6. The molecule has 1 heterocycles. The zero-order valence-corrected chi connectivity index (χ0v) is 12.6. The monoisotopic (exact) mass is 317 g/mol. The van der Waals surface area contributed by atoms with Crippen molar-refractivity contribution in [1.82, 2.24) is 14.9 Å². The SMILES string of the molecule is CCCNCC(O)Cn1c(C)c(Br)c(C)nc1=O. The van der Waals surface area contributed by atoms with Crippen molar-refractivity contribution >= 4 is 15.9 Å². The van der Waals surface area contributed by atoms with Crippen LogP contribution in [-0.4, -0.2) is 33.9 Å². The molecule has 102 valence electrons. The van der Waals surface area contributed by atoms with Crippen molar-refractivity contribution < 1.29 is 5.11 Å². The molecule has 5 nitrogen and oxygen atoms in total. The van der Waals surface area contributed by atoms with E-state index in [1.165, 1.54) is 4.57 Å². The minimum Gasteiger partial charge on any atom is -0.390 e. The van der Waals surface area contributed by atoms with E-state index < -0.39 is 6.10 Å². The van der Waals surface area contributed by atoms with Gasteiger partial charge in [-0.1, -0.05) is 6.92 Å². The van der Waals surface area contributed by atoms with E-state index in [1.807, 2.05) is 6.92 Å². The van der Waals surface area contributed by atoms with E-state index >= 15 is 0 Å². The Morgan fingerprint density at radius 2 is 2.17 bits per heavy atom. The molecule has 0 aliphatic carbocycles. The fraction of sp³-hybridized carbons (Fsp3) is 0.667. The summed E-state index contributed by atoms with van der Waals surface area (Å²) in [6.45, 7) is 7.28. The van der Waals surface area contributed by atoms with E-state index in [-0.39, 0.29) is 12.2 Å². The highest BCUT2D eigenvalue weighted by atomic mass is 79.9. The number of aliphatic hydroxyl groups is 1. The molecule has 0 bridgehead atoms. The summed E-state index contributed by atoms with van der Waals surface area (Å²) in [4.78, 5) is 15.7. The highest BCUT2D eigenvalue weighted by molar-refractivity contribution is 9.10. The topological polar surface area (TPSA) is 67.2 Å². The molecular weight excluding hydrogens is 298 g/mol. The summed E-state index contributed by atoms with van der Waals surface area (Å²) in [5.74, 6) is 0. The maximum Gasteiger partial charge on any atom is 0.348 e. The Bertz CT molecular complexity index is 459. The predicted molar refractivity (Wildman–Crippen MR) is 74.8 cm³/mol. The number of nitrogens with zero attached hydrogens (tertiary/aromatic N) is 2. The van der Waals surface area contributed by atoms with Crippen molar-refractivity contribution in [3.05, 3.63) is 26.3 Å². The normalized spacial score (nSPS) is 12.7. The summed E-state index contributed by atoms with van der Waals surface area (Å²) in [5, 5.41) is 13.0. The number of aliphatic hydroxyl groups excluding tert-OH is 1. The van der Waals surface area contributed by atoms with E-state index in [0.717, 1.165) is 23.1 Å². The van der Waals surface area contributed by atoms with Crippen molar-refractivity contribution in [2.45, 2.75) is 39.8 Å². The number of aryl methyl sites for hydroxylation is 1. The van der Waals surface area contributed by atoms with Gasteiger partial charge in [-0.3, -0.25) is 4.57 Å². The summed E-state index contributed by atoms with van der Waals surface area (Å²) in [7, 11) is 0. The smallest absolute Gasteiger partial charge is 0.348 e. The second-order valence-corrected chi connectivity index (χ2v) is 5.14. The van der Waals surface area contributed by atoms with E-state index in [4.69, 9.17) is 0 Å². The summed E-state index contributed by atoms with van der Waals surface area (Å²) < 4.78 is 2.31. The zero-order valence-electron chi connectivity index (χ0n) is 11.0. The second-order valence-electron chi connectivity index (χ2n) is 4.35. The molecule has 1 aromatic heterocycles. The number of halogens is 1. The molecule has 0 fully saturated rings. The van der Waals surface area contributed by atoms with Crippen LogP contribution >= 0.6 is 15.9 Å². The van der Waals surface area contributed by atoms with Gasteiger partial charge in [-0.25, -0.2) is 4.79 Å². The molecule has 0 spiro atoms. The molecule has 6 heteroatoms. The number of nitrogens with one attached hydrogen (secondary N) is 1. The Hall–Kier alpha value is -0.720. The lowest BCUT2D eigenvalue weighted by Gasteiger charge is -2.16. The standard InChI is InChI=1S/C12H20BrN3O2/c1-4-5-14-6-10(17)7-16-9(3)11(13)8(2)15-12(16)18/h10,14,17H,4-7H2,1-3H3. The van der Waals surface area contributed by atoms with Gasteiger partial charge in [0.05, 0.1) is 22.8 Å². The van der Waals surface area contributed by atoms with Gasteiger partial charge in [0, 0.05) is 12.2 Å². The average Bonchev–Trinajstić information content (AvgIpc) is 2.32. The van der Waals surface area contributed by atoms with Crippen LogP contribution in [-0.2, 0) is 6.54 Å². The highest BCUT2D eigenvalue weighted by Crippen LogP contribution is 2.16. The van der Waals surface area contributed by atoms with Crippen LogP contribution in [0.25, 0.3) is 0 Å². The lowest BCUT2D eigenvalue weighted by Crippen LogP contribution is -2.36. The molecule has 1 atom stereocenters. The molecule has 0 aliphatic heterocycles. The molecule has 18 heavy (non-hydrogen) atoms. The van der Waals surface area contributed by atoms with Crippen LogP contribution in [0.2, 0.25) is 0 Å².